The van der Waals surface area contributed by atoms with E-state index in [1.54, 1.807) is 29.7 Å². The second-order valence-electron chi connectivity index (χ2n) is 11.3. The number of ether oxygens (including phenoxy) is 1. The lowest BCUT2D eigenvalue weighted by atomic mass is 10.0. The molecular weight excluding hydrogens is 619 g/mol. The highest BCUT2D eigenvalue weighted by Crippen LogP contribution is 2.48. The van der Waals surface area contributed by atoms with E-state index in [1.807, 2.05) is 74.5 Å². The summed E-state index contributed by atoms with van der Waals surface area (Å²) in [5.74, 6) is -1.05. The van der Waals surface area contributed by atoms with Crippen LogP contribution in [-0.2, 0) is 23.1 Å². The minimum Gasteiger partial charge on any atom is -0.449 e. The summed E-state index contributed by atoms with van der Waals surface area (Å²) >= 11 is 0. The number of hydrogen-bond donors (Lipinski definition) is 1. The summed E-state index contributed by atoms with van der Waals surface area (Å²) in [7, 11) is -3.76. The molecule has 1 fully saturated rings. The summed E-state index contributed by atoms with van der Waals surface area (Å²) in [6.07, 6.45) is 0.916. The van der Waals surface area contributed by atoms with Gasteiger partial charge < -0.3 is 28.9 Å². The second kappa shape index (κ2) is 17.2. The zero-order valence-corrected chi connectivity index (χ0v) is 28.5. The first-order chi connectivity index (χ1) is 22.7. The average Bonchev–Trinajstić information content (AvgIpc) is 3.08. The predicted octanol–water partition coefficient (Wildman–Crippen LogP) is 6.17. The van der Waals surface area contributed by atoms with Gasteiger partial charge in [-0.15, -0.1) is 0 Å². The molecule has 2 aromatic carbocycles. The van der Waals surface area contributed by atoms with Crippen LogP contribution in [0.15, 0.2) is 66.7 Å². The largest absolute Gasteiger partial charge is 0.449 e. The smallest absolute Gasteiger partial charge is 0.409 e. The van der Waals surface area contributed by atoms with Gasteiger partial charge in [-0.2, -0.15) is 0 Å². The summed E-state index contributed by atoms with van der Waals surface area (Å²) in [4.78, 5) is 48.2. The fraction of sp³-hybridized carbons (Fsp3) is 0.429. The highest BCUT2D eigenvalue weighted by atomic mass is 31.2. The van der Waals surface area contributed by atoms with E-state index in [-0.39, 0.29) is 51.2 Å². The highest BCUT2D eigenvalue weighted by molar-refractivity contribution is 7.54. The summed E-state index contributed by atoms with van der Waals surface area (Å²) in [5, 5.41) is 2.81. The summed E-state index contributed by atoms with van der Waals surface area (Å²) < 4.78 is 30.0. The van der Waals surface area contributed by atoms with Gasteiger partial charge in [0.15, 0.2) is 0 Å². The zero-order valence-electron chi connectivity index (χ0n) is 27.6. The Morgan fingerprint density at radius 2 is 1.49 bits per heavy atom. The van der Waals surface area contributed by atoms with Crippen molar-refractivity contribution in [1.29, 1.82) is 0 Å². The van der Waals surface area contributed by atoms with Crippen molar-refractivity contribution < 1.29 is 32.7 Å². The van der Waals surface area contributed by atoms with Crippen molar-refractivity contribution in [3.8, 4) is 22.4 Å². The Hall–Kier alpha value is -4.05. The first-order valence-electron chi connectivity index (χ1n) is 16.2. The number of hydrogen-bond acceptors (Lipinski definition) is 8. The van der Waals surface area contributed by atoms with Crippen LogP contribution in [0.3, 0.4) is 0 Å². The Bertz CT molecular complexity index is 1530. The molecule has 0 spiro atoms. The number of nitrogens with one attached hydrogen (secondary N) is 1. The Labute approximate surface area is 277 Å². The van der Waals surface area contributed by atoms with Gasteiger partial charge in [-0.1, -0.05) is 73.5 Å². The van der Waals surface area contributed by atoms with E-state index in [1.165, 1.54) is 0 Å². The molecule has 3 amide bonds. The van der Waals surface area contributed by atoms with E-state index in [0.717, 1.165) is 35.1 Å². The van der Waals surface area contributed by atoms with Gasteiger partial charge in [0.05, 0.1) is 31.7 Å². The van der Waals surface area contributed by atoms with Gasteiger partial charge in [0.25, 0.3) is 5.91 Å². The second-order valence-corrected chi connectivity index (χ2v) is 13.4. The number of carbonyl (C=O) groups is 3. The van der Waals surface area contributed by atoms with Crippen molar-refractivity contribution in [2.24, 2.45) is 0 Å². The number of carbonyl (C=O) groups excluding carboxylic acids is 3. The Morgan fingerprint density at radius 3 is 2.11 bits per heavy atom. The molecule has 1 aliphatic heterocycles. The predicted molar refractivity (Wildman–Crippen MR) is 181 cm³/mol. The Balaban J connectivity index is 1.61. The van der Waals surface area contributed by atoms with E-state index in [9.17, 15) is 18.9 Å². The van der Waals surface area contributed by atoms with Crippen LogP contribution in [0.2, 0.25) is 0 Å². The number of amides is 3. The van der Waals surface area contributed by atoms with Crippen LogP contribution in [0.25, 0.3) is 22.4 Å². The molecule has 1 unspecified atom stereocenters. The van der Waals surface area contributed by atoms with Gasteiger partial charge in [0.2, 0.25) is 5.91 Å². The molecule has 1 atom stereocenters. The third-order valence-electron chi connectivity index (χ3n) is 7.75. The van der Waals surface area contributed by atoms with Gasteiger partial charge in [0, 0.05) is 31.7 Å². The molecule has 11 nitrogen and oxygen atoms in total. The van der Waals surface area contributed by atoms with E-state index >= 15 is 0 Å². The summed E-state index contributed by atoms with van der Waals surface area (Å²) in [6, 6.07) is 19.8. The van der Waals surface area contributed by atoms with E-state index in [4.69, 9.17) is 13.8 Å². The van der Waals surface area contributed by atoms with Crippen LogP contribution in [-0.4, -0.2) is 90.9 Å². The lowest BCUT2D eigenvalue weighted by Crippen LogP contribution is -2.57. The van der Waals surface area contributed by atoms with Crippen molar-refractivity contribution in [2.75, 3.05) is 52.2 Å². The molecule has 252 valence electrons. The molecule has 0 radical (unpaired) electrons. The number of benzene rings is 2. The monoisotopic (exact) mass is 664 g/mol. The third kappa shape index (κ3) is 9.97. The molecule has 1 aliphatic rings. The lowest BCUT2D eigenvalue weighted by Gasteiger charge is -2.36. The first kappa shape index (κ1) is 35.8. The fourth-order valence-electron chi connectivity index (χ4n) is 5.22. The maximum atomic E-state index is 14.0. The molecule has 0 bridgehead atoms. The Morgan fingerprint density at radius 1 is 0.851 bits per heavy atom. The normalized spacial score (nSPS) is 14.0. The number of aromatic nitrogens is 1. The van der Waals surface area contributed by atoms with Gasteiger partial charge in [0.1, 0.15) is 11.7 Å². The van der Waals surface area contributed by atoms with Crippen molar-refractivity contribution in [3.63, 3.8) is 0 Å². The minimum atomic E-state index is -3.76. The van der Waals surface area contributed by atoms with Crippen LogP contribution in [0.1, 0.15) is 49.7 Å². The third-order valence-corrected chi connectivity index (χ3v) is 9.86. The standard InChI is InChI=1S/C35H45N4O7P/c1-5-8-22-44-35(42)39-20-18-38(19-21-39)34(41)32(25-47(43,45-6-2)46-7-3)37-33(40)31-24-29(27-12-10-9-11-13-27)23-30(36-31)28-16-14-26(4)15-17-28/h9-17,23-24,32H,5-8,18-22,25H2,1-4H3,(H,37,40). The van der Waals surface area contributed by atoms with Crippen LogP contribution in [0, 0.1) is 6.92 Å². The highest BCUT2D eigenvalue weighted by Gasteiger charge is 2.37. The molecule has 1 aromatic heterocycles. The molecule has 3 aromatic rings. The number of aryl methyl sites for hydroxylation is 1. The molecule has 47 heavy (non-hydrogen) atoms. The molecule has 1 saturated heterocycles. The van der Waals surface area contributed by atoms with Gasteiger partial charge in [-0.25, -0.2) is 9.78 Å². The molecular formula is C35H45N4O7P. The number of pyridine rings is 1. The van der Waals surface area contributed by atoms with Crippen molar-refractivity contribution >= 4 is 25.5 Å². The van der Waals surface area contributed by atoms with Crippen molar-refractivity contribution in [2.45, 2.75) is 46.6 Å². The summed E-state index contributed by atoms with van der Waals surface area (Å²) in [5.41, 5.74) is 4.29. The van der Waals surface area contributed by atoms with Gasteiger partial charge in [-0.3, -0.25) is 14.2 Å². The first-order valence-corrected chi connectivity index (χ1v) is 17.9. The topological polar surface area (TPSA) is 127 Å². The molecule has 1 N–H and O–H groups in total. The maximum absolute atomic E-state index is 14.0. The zero-order chi connectivity index (χ0) is 33.8. The van der Waals surface area contributed by atoms with Gasteiger partial charge in [-0.05, 0) is 50.5 Å². The molecule has 0 aliphatic carbocycles. The average molecular weight is 665 g/mol. The minimum absolute atomic E-state index is 0.0991. The molecule has 12 heteroatoms. The lowest BCUT2D eigenvalue weighted by molar-refractivity contribution is -0.134. The molecule has 2 heterocycles. The van der Waals surface area contributed by atoms with E-state index in [0.29, 0.717) is 12.3 Å². The van der Waals surface area contributed by atoms with Gasteiger partial charge >= 0.3 is 13.7 Å². The number of piperazine rings is 1. The Kier molecular flexibility index (Phi) is 13.1. The SMILES string of the molecule is CCCCOC(=O)N1CCN(C(=O)C(CP(=O)(OCC)OCC)NC(=O)c2cc(-c3ccccc3)cc(-c3ccc(C)cc3)n2)CC1. The van der Waals surface area contributed by atoms with Crippen LogP contribution < -0.4 is 5.32 Å². The number of nitrogens with zero attached hydrogens (tertiary/aromatic N) is 3. The maximum Gasteiger partial charge on any atom is 0.409 e. The van der Waals surface area contributed by atoms with E-state index < -0.39 is 31.5 Å². The summed E-state index contributed by atoms with van der Waals surface area (Å²) in [6.45, 7) is 8.92. The number of unbranched alkanes of at least 4 members (excludes halogenated alkanes) is 1. The van der Waals surface area contributed by atoms with Crippen molar-refractivity contribution in [3.05, 3.63) is 78.0 Å². The fourth-order valence-corrected chi connectivity index (χ4v) is 6.99. The van der Waals surface area contributed by atoms with Crippen molar-refractivity contribution in [1.82, 2.24) is 20.1 Å². The quantitative estimate of drug-likeness (QED) is 0.160. The van der Waals surface area contributed by atoms with Crippen LogP contribution >= 0.6 is 7.60 Å². The number of rotatable bonds is 14. The van der Waals surface area contributed by atoms with Crippen LogP contribution in [0.5, 0.6) is 0 Å². The van der Waals surface area contributed by atoms with E-state index in [2.05, 4.69) is 10.3 Å². The molecule has 4 rings (SSSR count). The van der Waals surface area contributed by atoms with Crippen LogP contribution in [0.4, 0.5) is 4.79 Å². The molecule has 0 saturated carbocycles.